The van der Waals surface area contributed by atoms with Crippen LogP contribution in [0.15, 0.2) is 11.0 Å². The molecule has 1 unspecified atom stereocenters. The van der Waals surface area contributed by atoms with Gasteiger partial charge in [0.15, 0.2) is 0 Å². The zero-order valence-corrected chi connectivity index (χ0v) is 13.8. The van der Waals surface area contributed by atoms with Crippen LogP contribution < -0.4 is 4.72 Å². The number of hydrogen-bond acceptors (Lipinski definition) is 3. The number of sulfonamides is 1. The number of thiophene rings is 1. The zero-order valence-electron chi connectivity index (χ0n) is 9.04. The first kappa shape index (κ1) is 15.7. The smallest absolute Gasteiger partial charge is 0.210 e. The molecule has 0 saturated heterocycles. The SMILES string of the molecule is CCCC(Br)CNS(=O)(=O)c1cc(Cl)sc1Cl. The fourth-order valence-corrected chi connectivity index (χ4v) is 5.26. The van der Waals surface area contributed by atoms with Gasteiger partial charge < -0.3 is 0 Å². The Kier molecular flexibility index (Phi) is 6.22. The summed E-state index contributed by atoms with van der Waals surface area (Å²) in [7, 11) is -3.57. The summed E-state index contributed by atoms with van der Waals surface area (Å²) in [5, 5.41) is 0. The van der Waals surface area contributed by atoms with Crippen molar-refractivity contribution in [2.45, 2.75) is 29.5 Å². The number of nitrogens with one attached hydrogen (secondary N) is 1. The van der Waals surface area contributed by atoms with Gasteiger partial charge in [-0.05, 0) is 12.5 Å². The van der Waals surface area contributed by atoms with Crippen LogP contribution in [0.4, 0.5) is 0 Å². The lowest BCUT2D eigenvalue weighted by Crippen LogP contribution is -2.29. The number of halogens is 3. The van der Waals surface area contributed by atoms with E-state index in [4.69, 9.17) is 23.2 Å². The standard InChI is InChI=1S/C9H12BrCl2NO2S2/c1-2-3-6(10)5-13-17(14,15)7-4-8(11)16-9(7)12/h4,6,13H,2-3,5H2,1H3. The molecule has 8 heteroatoms. The summed E-state index contributed by atoms with van der Waals surface area (Å²) < 4.78 is 26.9. The Labute approximate surface area is 124 Å². The summed E-state index contributed by atoms with van der Waals surface area (Å²) in [4.78, 5) is 0.167. The first-order valence-electron chi connectivity index (χ1n) is 4.95. The van der Waals surface area contributed by atoms with Crippen LogP contribution in [-0.4, -0.2) is 19.8 Å². The molecule has 17 heavy (non-hydrogen) atoms. The van der Waals surface area contributed by atoms with Crippen molar-refractivity contribution in [1.29, 1.82) is 0 Å². The average Bonchev–Trinajstić information content (AvgIpc) is 2.56. The Hall–Kier alpha value is 0.670. The highest BCUT2D eigenvalue weighted by atomic mass is 79.9. The molecule has 0 aliphatic heterocycles. The van der Waals surface area contributed by atoms with Crippen LogP contribution in [0.3, 0.4) is 0 Å². The maximum Gasteiger partial charge on any atom is 0.242 e. The lowest BCUT2D eigenvalue weighted by Gasteiger charge is -2.10. The molecule has 98 valence electrons. The maximum absolute atomic E-state index is 11.9. The maximum atomic E-state index is 11.9. The van der Waals surface area contributed by atoms with Gasteiger partial charge in [0.05, 0.1) is 4.34 Å². The third kappa shape index (κ3) is 4.69. The van der Waals surface area contributed by atoms with Gasteiger partial charge in [-0.25, -0.2) is 13.1 Å². The summed E-state index contributed by atoms with van der Waals surface area (Å²) in [6, 6.07) is 1.36. The van der Waals surface area contributed by atoms with E-state index in [9.17, 15) is 8.42 Å². The first-order chi connectivity index (χ1) is 7.86. The minimum absolute atomic E-state index is 0.0466. The molecule has 0 aromatic carbocycles. The fourth-order valence-electron chi connectivity index (χ4n) is 1.20. The second-order valence-electron chi connectivity index (χ2n) is 3.43. The third-order valence-corrected chi connectivity index (χ3v) is 5.97. The number of rotatable bonds is 6. The molecule has 0 spiro atoms. The predicted molar refractivity (Wildman–Crippen MR) is 77.2 cm³/mol. The van der Waals surface area contributed by atoms with Crippen molar-refractivity contribution < 1.29 is 8.42 Å². The number of hydrogen-bond donors (Lipinski definition) is 1. The molecule has 0 fully saturated rings. The Morgan fingerprint density at radius 3 is 2.65 bits per heavy atom. The van der Waals surface area contributed by atoms with Gasteiger partial charge in [0.25, 0.3) is 0 Å². The fraction of sp³-hybridized carbons (Fsp3) is 0.556. The Bertz CT molecular complexity index is 475. The molecular weight excluding hydrogens is 369 g/mol. The van der Waals surface area contributed by atoms with Crippen LogP contribution >= 0.6 is 50.5 Å². The molecule has 0 saturated carbocycles. The van der Waals surface area contributed by atoms with Gasteiger partial charge in [0, 0.05) is 11.4 Å². The third-order valence-electron chi connectivity index (χ3n) is 2.01. The normalized spacial score (nSPS) is 13.9. The van der Waals surface area contributed by atoms with Gasteiger partial charge >= 0.3 is 0 Å². The van der Waals surface area contributed by atoms with Crippen molar-refractivity contribution in [2.24, 2.45) is 0 Å². The van der Waals surface area contributed by atoms with E-state index in [1.54, 1.807) is 0 Å². The highest BCUT2D eigenvalue weighted by molar-refractivity contribution is 9.09. The van der Waals surface area contributed by atoms with Crippen molar-refractivity contribution in [3.8, 4) is 0 Å². The largest absolute Gasteiger partial charge is 0.242 e. The molecule has 1 heterocycles. The molecule has 3 nitrogen and oxygen atoms in total. The summed E-state index contributed by atoms with van der Waals surface area (Å²) in [5.41, 5.74) is 0. The Morgan fingerprint density at radius 2 is 2.18 bits per heavy atom. The summed E-state index contributed by atoms with van der Waals surface area (Å²) in [5.74, 6) is 0. The van der Waals surface area contributed by atoms with E-state index in [1.165, 1.54) is 6.07 Å². The van der Waals surface area contributed by atoms with Gasteiger partial charge in [-0.15, -0.1) is 11.3 Å². The molecule has 1 atom stereocenters. The van der Waals surface area contributed by atoms with Gasteiger partial charge in [-0.1, -0.05) is 52.5 Å². The van der Waals surface area contributed by atoms with Crippen molar-refractivity contribution in [1.82, 2.24) is 4.72 Å². The van der Waals surface area contributed by atoms with Crippen molar-refractivity contribution in [3.63, 3.8) is 0 Å². The summed E-state index contributed by atoms with van der Waals surface area (Å²) in [6.07, 6.45) is 1.89. The molecule has 1 rings (SSSR count). The summed E-state index contributed by atoms with van der Waals surface area (Å²) >= 11 is 16.0. The molecule has 0 bridgehead atoms. The topological polar surface area (TPSA) is 46.2 Å². The average molecular weight is 381 g/mol. The van der Waals surface area contributed by atoms with E-state index in [1.807, 2.05) is 6.92 Å². The predicted octanol–water partition coefficient (Wildman–Crippen LogP) is 3.90. The van der Waals surface area contributed by atoms with Gasteiger partial charge in [-0.2, -0.15) is 0 Å². The zero-order chi connectivity index (χ0) is 13.1. The molecule has 1 N–H and O–H groups in total. The van der Waals surface area contributed by atoms with Crippen molar-refractivity contribution >= 4 is 60.5 Å². The molecule has 1 aromatic rings. The minimum Gasteiger partial charge on any atom is -0.210 e. The van der Waals surface area contributed by atoms with E-state index < -0.39 is 10.0 Å². The Morgan fingerprint density at radius 1 is 1.53 bits per heavy atom. The molecule has 1 aromatic heterocycles. The molecular formula is C9H12BrCl2NO2S2. The second-order valence-corrected chi connectivity index (χ2v) is 8.74. The lowest BCUT2D eigenvalue weighted by atomic mass is 10.2. The van der Waals surface area contributed by atoms with Crippen molar-refractivity contribution in [2.75, 3.05) is 6.54 Å². The molecule has 0 radical (unpaired) electrons. The van der Waals surface area contributed by atoms with Gasteiger partial charge in [0.1, 0.15) is 9.23 Å². The van der Waals surface area contributed by atoms with E-state index >= 15 is 0 Å². The Balaban J connectivity index is 2.73. The van der Waals surface area contributed by atoms with Crippen LogP contribution in [0.5, 0.6) is 0 Å². The number of alkyl halides is 1. The first-order valence-corrected chi connectivity index (χ1v) is 8.92. The van der Waals surface area contributed by atoms with Crippen LogP contribution in [-0.2, 0) is 10.0 Å². The van der Waals surface area contributed by atoms with Crippen LogP contribution in [0.1, 0.15) is 19.8 Å². The highest BCUT2D eigenvalue weighted by Gasteiger charge is 2.21. The van der Waals surface area contributed by atoms with Crippen LogP contribution in [0.2, 0.25) is 8.67 Å². The van der Waals surface area contributed by atoms with Crippen molar-refractivity contribution in [3.05, 3.63) is 14.7 Å². The van der Waals surface area contributed by atoms with E-state index in [2.05, 4.69) is 20.7 Å². The van der Waals surface area contributed by atoms with Gasteiger partial charge in [-0.3, -0.25) is 0 Å². The quantitative estimate of drug-likeness (QED) is 0.760. The molecule has 0 aliphatic carbocycles. The van der Waals surface area contributed by atoms with Crippen LogP contribution in [0, 0.1) is 0 Å². The molecule has 0 amide bonds. The van der Waals surface area contributed by atoms with Gasteiger partial charge in [0.2, 0.25) is 10.0 Å². The van der Waals surface area contributed by atoms with Crippen LogP contribution in [0.25, 0.3) is 0 Å². The minimum atomic E-state index is -3.57. The molecule has 0 aliphatic rings. The highest BCUT2D eigenvalue weighted by Crippen LogP contribution is 2.34. The van der Waals surface area contributed by atoms with E-state index in [0.29, 0.717) is 10.9 Å². The summed E-state index contributed by atoms with van der Waals surface area (Å²) in [6.45, 7) is 2.37. The lowest BCUT2D eigenvalue weighted by molar-refractivity contribution is 0.578. The van der Waals surface area contributed by atoms with E-state index in [-0.39, 0.29) is 14.1 Å². The second kappa shape index (κ2) is 6.73. The monoisotopic (exact) mass is 379 g/mol. The van der Waals surface area contributed by atoms with E-state index in [0.717, 1.165) is 24.2 Å².